The summed E-state index contributed by atoms with van der Waals surface area (Å²) in [5, 5.41) is 2.48. The van der Waals surface area contributed by atoms with E-state index in [0.29, 0.717) is 0 Å². The minimum Gasteiger partial charge on any atom is -0.452 e. The molecule has 0 saturated heterocycles. The fraction of sp³-hybridized carbons (Fsp3) is 0.300. The second-order valence-electron chi connectivity index (χ2n) is 6.60. The molecular weight excluding hydrogens is 375 g/mol. The third kappa shape index (κ3) is 5.73. The van der Waals surface area contributed by atoms with Gasteiger partial charge in [0.25, 0.3) is 5.91 Å². The van der Waals surface area contributed by atoms with Crippen LogP contribution in [0.1, 0.15) is 26.3 Å². The largest absolute Gasteiger partial charge is 0.573 e. The van der Waals surface area contributed by atoms with E-state index in [1.807, 2.05) is 6.07 Å². The molecule has 2 aromatic carbocycles. The fourth-order valence-electron chi connectivity index (χ4n) is 2.32. The van der Waals surface area contributed by atoms with Crippen molar-refractivity contribution >= 4 is 17.6 Å². The van der Waals surface area contributed by atoms with Crippen LogP contribution in [0.25, 0.3) is 0 Å². The Balaban J connectivity index is 1.96. The van der Waals surface area contributed by atoms with Gasteiger partial charge in [0.1, 0.15) is 5.75 Å². The highest BCUT2D eigenvalue weighted by atomic mass is 19.4. The molecule has 0 fully saturated rings. The first-order valence-corrected chi connectivity index (χ1v) is 8.42. The molecule has 0 spiro atoms. The van der Waals surface area contributed by atoms with Gasteiger partial charge in [0.15, 0.2) is 6.10 Å². The van der Waals surface area contributed by atoms with Gasteiger partial charge in [-0.05, 0) is 50.6 Å². The molecule has 0 aliphatic rings. The number of carbonyl (C=O) groups excluding carboxylic acids is 2. The summed E-state index contributed by atoms with van der Waals surface area (Å²) in [6, 6.07) is 13.6. The van der Waals surface area contributed by atoms with Crippen molar-refractivity contribution < 1.29 is 32.2 Å². The van der Waals surface area contributed by atoms with Gasteiger partial charge in [-0.2, -0.15) is 0 Å². The fourth-order valence-corrected chi connectivity index (χ4v) is 2.32. The van der Waals surface area contributed by atoms with Crippen molar-refractivity contribution in [3.8, 4) is 5.75 Å². The van der Waals surface area contributed by atoms with Crippen molar-refractivity contribution in [1.29, 1.82) is 0 Å². The topological polar surface area (TPSA) is 64.6 Å². The molecule has 0 bridgehead atoms. The van der Waals surface area contributed by atoms with Crippen molar-refractivity contribution in [2.45, 2.75) is 38.7 Å². The van der Waals surface area contributed by atoms with E-state index in [9.17, 15) is 22.8 Å². The number of carbonyl (C=O) groups is 2. The summed E-state index contributed by atoms with van der Waals surface area (Å²) >= 11 is 0. The van der Waals surface area contributed by atoms with Gasteiger partial charge in [0.05, 0.1) is 5.41 Å². The number of halogens is 3. The Morgan fingerprint density at radius 3 is 2.07 bits per heavy atom. The van der Waals surface area contributed by atoms with Crippen molar-refractivity contribution in [2.75, 3.05) is 5.32 Å². The summed E-state index contributed by atoms with van der Waals surface area (Å²) in [5.41, 5.74) is 0.0319. The van der Waals surface area contributed by atoms with Gasteiger partial charge in [-0.15, -0.1) is 13.2 Å². The molecular formula is C20H20F3NO4. The minimum atomic E-state index is -4.79. The number of amides is 1. The first-order valence-electron chi connectivity index (χ1n) is 8.42. The van der Waals surface area contributed by atoms with E-state index in [2.05, 4.69) is 10.1 Å². The average molecular weight is 395 g/mol. The molecule has 1 amide bonds. The zero-order valence-electron chi connectivity index (χ0n) is 15.5. The maximum atomic E-state index is 12.5. The van der Waals surface area contributed by atoms with E-state index < -0.39 is 35.5 Å². The lowest BCUT2D eigenvalue weighted by molar-refractivity contribution is -0.274. The summed E-state index contributed by atoms with van der Waals surface area (Å²) in [6.07, 6.45) is -5.89. The third-order valence-electron chi connectivity index (χ3n) is 4.01. The monoisotopic (exact) mass is 395 g/mol. The number of benzene rings is 2. The Morgan fingerprint density at radius 1 is 0.964 bits per heavy atom. The summed E-state index contributed by atoms with van der Waals surface area (Å²) in [4.78, 5) is 24.7. The Morgan fingerprint density at radius 2 is 1.54 bits per heavy atom. The van der Waals surface area contributed by atoms with Crippen LogP contribution < -0.4 is 10.1 Å². The lowest BCUT2D eigenvalue weighted by Crippen LogP contribution is -2.37. The second kappa shape index (κ2) is 8.33. The SMILES string of the molecule is C[C@H](OC(=O)C(C)(C)c1ccccc1)C(=O)Nc1ccc(OC(F)(F)F)cc1. The summed E-state index contributed by atoms with van der Waals surface area (Å²) in [7, 11) is 0. The molecule has 1 atom stereocenters. The smallest absolute Gasteiger partial charge is 0.452 e. The molecule has 0 aliphatic heterocycles. The molecule has 150 valence electrons. The number of alkyl halides is 3. The Labute approximate surface area is 160 Å². The average Bonchev–Trinajstić information content (AvgIpc) is 2.62. The number of anilines is 1. The van der Waals surface area contributed by atoms with Gasteiger partial charge in [-0.3, -0.25) is 9.59 Å². The lowest BCUT2D eigenvalue weighted by Gasteiger charge is -2.25. The molecule has 5 nitrogen and oxygen atoms in total. The third-order valence-corrected chi connectivity index (χ3v) is 4.01. The molecule has 0 unspecified atom stereocenters. The highest BCUT2D eigenvalue weighted by Crippen LogP contribution is 2.26. The molecule has 0 aliphatic carbocycles. The van der Waals surface area contributed by atoms with Crippen LogP contribution in [0.15, 0.2) is 54.6 Å². The number of esters is 1. The van der Waals surface area contributed by atoms with Crippen LogP contribution in [0, 0.1) is 0 Å². The molecule has 0 saturated carbocycles. The van der Waals surface area contributed by atoms with Crippen LogP contribution in [-0.2, 0) is 19.7 Å². The van der Waals surface area contributed by atoms with Crippen LogP contribution in [0.2, 0.25) is 0 Å². The lowest BCUT2D eigenvalue weighted by atomic mass is 9.85. The van der Waals surface area contributed by atoms with Gasteiger partial charge >= 0.3 is 12.3 Å². The number of hydrogen-bond donors (Lipinski definition) is 1. The molecule has 0 aromatic heterocycles. The van der Waals surface area contributed by atoms with Crippen LogP contribution in [-0.4, -0.2) is 24.3 Å². The predicted molar refractivity (Wildman–Crippen MR) is 96.8 cm³/mol. The molecule has 1 N–H and O–H groups in total. The van der Waals surface area contributed by atoms with E-state index >= 15 is 0 Å². The Kier molecular flexibility index (Phi) is 6.33. The van der Waals surface area contributed by atoms with E-state index in [-0.39, 0.29) is 5.69 Å². The molecule has 28 heavy (non-hydrogen) atoms. The second-order valence-corrected chi connectivity index (χ2v) is 6.60. The van der Waals surface area contributed by atoms with Crippen LogP contribution in [0.5, 0.6) is 5.75 Å². The number of hydrogen-bond acceptors (Lipinski definition) is 4. The van der Waals surface area contributed by atoms with Crippen molar-refractivity contribution in [3.05, 3.63) is 60.2 Å². The zero-order valence-corrected chi connectivity index (χ0v) is 15.5. The summed E-state index contributed by atoms with van der Waals surface area (Å²) in [6.45, 7) is 4.79. The first-order chi connectivity index (χ1) is 13.0. The highest BCUT2D eigenvalue weighted by molar-refractivity contribution is 5.95. The standard InChI is InChI=1S/C20H20F3NO4/c1-13(27-18(26)19(2,3)14-7-5-4-6-8-14)17(25)24-15-9-11-16(12-10-15)28-20(21,22)23/h4-13H,1-3H3,(H,24,25)/t13-/m0/s1. The van der Waals surface area contributed by atoms with Gasteiger partial charge in [0.2, 0.25) is 0 Å². The van der Waals surface area contributed by atoms with Gasteiger partial charge in [-0.1, -0.05) is 30.3 Å². The van der Waals surface area contributed by atoms with Crippen molar-refractivity contribution in [3.63, 3.8) is 0 Å². The van der Waals surface area contributed by atoms with E-state index in [1.165, 1.54) is 19.1 Å². The van der Waals surface area contributed by atoms with Crippen molar-refractivity contribution in [2.24, 2.45) is 0 Å². The molecule has 0 radical (unpaired) electrons. The van der Waals surface area contributed by atoms with Gasteiger partial charge in [-0.25, -0.2) is 0 Å². The van der Waals surface area contributed by atoms with Crippen LogP contribution in [0.3, 0.4) is 0 Å². The normalized spacial score (nSPS) is 12.8. The molecule has 8 heteroatoms. The maximum Gasteiger partial charge on any atom is 0.573 e. The molecule has 2 aromatic rings. The number of nitrogens with one attached hydrogen (secondary N) is 1. The van der Waals surface area contributed by atoms with Crippen LogP contribution >= 0.6 is 0 Å². The first kappa shape index (κ1) is 21.3. The van der Waals surface area contributed by atoms with Crippen molar-refractivity contribution in [1.82, 2.24) is 0 Å². The van der Waals surface area contributed by atoms with Gasteiger partial charge in [0, 0.05) is 5.69 Å². The van der Waals surface area contributed by atoms with E-state index in [4.69, 9.17) is 4.74 Å². The highest BCUT2D eigenvalue weighted by Gasteiger charge is 2.34. The minimum absolute atomic E-state index is 0.241. The number of ether oxygens (including phenoxy) is 2. The Bertz CT molecular complexity index is 818. The quantitative estimate of drug-likeness (QED) is 0.735. The molecule has 0 heterocycles. The predicted octanol–water partition coefficient (Wildman–Crippen LogP) is 4.43. The van der Waals surface area contributed by atoms with Crippen LogP contribution in [0.4, 0.5) is 18.9 Å². The van der Waals surface area contributed by atoms with E-state index in [1.54, 1.807) is 38.1 Å². The summed E-state index contributed by atoms with van der Waals surface area (Å²) < 4.78 is 45.5. The zero-order chi connectivity index (χ0) is 20.9. The molecule has 2 rings (SSSR count). The van der Waals surface area contributed by atoms with E-state index in [0.717, 1.165) is 17.7 Å². The maximum absolute atomic E-state index is 12.5. The Hall–Kier alpha value is -3.03. The van der Waals surface area contributed by atoms with Gasteiger partial charge < -0.3 is 14.8 Å². The number of rotatable bonds is 6. The summed E-state index contributed by atoms with van der Waals surface area (Å²) in [5.74, 6) is -1.59.